The third kappa shape index (κ3) is 5.07. The SMILES string of the molecule is CCOC(=O)N1CCN(S(=O)(=O)CCOc2ccc(F)cc2)CC1. The van der Waals surface area contributed by atoms with E-state index >= 15 is 0 Å². The average Bonchev–Trinajstić information content (AvgIpc) is 2.57. The molecule has 1 saturated heterocycles. The summed E-state index contributed by atoms with van der Waals surface area (Å²) in [5.41, 5.74) is 0. The second-order valence-corrected chi connectivity index (χ2v) is 7.29. The van der Waals surface area contributed by atoms with Gasteiger partial charge >= 0.3 is 6.09 Å². The summed E-state index contributed by atoms with van der Waals surface area (Å²) in [5.74, 6) is -0.141. The first-order valence-corrected chi connectivity index (χ1v) is 9.31. The van der Waals surface area contributed by atoms with Crippen LogP contribution in [0, 0.1) is 5.82 Å². The van der Waals surface area contributed by atoms with Gasteiger partial charge in [-0.1, -0.05) is 0 Å². The lowest BCUT2D eigenvalue weighted by molar-refractivity contribution is 0.0933. The van der Waals surface area contributed by atoms with Crippen molar-refractivity contribution in [2.45, 2.75) is 6.92 Å². The van der Waals surface area contributed by atoms with Crippen LogP contribution >= 0.6 is 0 Å². The van der Waals surface area contributed by atoms with Gasteiger partial charge in [-0.25, -0.2) is 17.6 Å². The van der Waals surface area contributed by atoms with Crippen molar-refractivity contribution in [1.82, 2.24) is 9.21 Å². The molecule has 1 aliphatic rings. The number of piperazine rings is 1. The molecule has 1 heterocycles. The van der Waals surface area contributed by atoms with Crippen LogP contribution in [0.4, 0.5) is 9.18 Å². The van der Waals surface area contributed by atoms with Gasteiger partial charge in [-0.05, 0) is 31.2 Å². The molecule has 134 valence electrons. The highest BCUT2D eigenvalue weighted by atomic mass is 32.2. The number of carbonyl (C=O) groups excluding carboxylic acids is 1. The molecule has 1 aliphatic heterocycles. The normalized spacial score (nSPS) is 16.0. The lowest BCUT2D eigenvalue weighted by atomic mass is 10.3. The van der Waals surface area contributed by atoms with Crippen molar-refractivity contribution >= 4 is 16.1 Å². The summed E-state index contributed by atoms with van der Waals surface area (Å²) in [6.07, 6.45) is -0.422. The summed E-state index contributed by atoms with van der Waals surface area (Å²) in [5, 5.41) is 0. The van der Waals surface area contributed by atoms with Crippen LogP contribution in [0.3, 0.4) is 0 Å². The van der Waals surface area contributed by atoms with Gasteiger partial charge in [0.2, 0.25) is 10.0 Å². The van der Waals surface area contributed by atoms with Gasteiger partial charge in [0, 0.05) is 26.2 Å². The number of benzene rings is 1. The van der Waals surface area contributed by atoms with E-state index in [9.17, 15) is 17.6 Å². The highest BCUT2D eigenvalue weighted by Gasteiger charge is 2.29. The van der Waals surface area contributed by atoms with E-state index < -0.39 is 16.1 Å². The largest absolute Gasteiger partial charge is 0.492 e. The van der Waals surface area contributed by atoms with Crippen molar-refractivity contribution in [2.24, 2.45) is 0 Å². The molecule has 0 saturated carbocycles. The predicted molar refractivity (Wildman–Crippen MR) is 85.8 cm³/mol. The van der Waals surface area contributed by atoms with Gasteiger partial charge in [0.1, 0.15) is 18.2 Å². The molecule has 24 heavy (non-hydrogen) atoms. The zero-order chi connectivity index (χ0) is 17.6. The molecule has 0 aromatic heterocycles. The van der Waals surface area contributed by atoms with Crippen LogP contribution in [0.25, 0.3) is 0 Å². The molecule has 0 N–H and O–H groups in total. The number of amides is 1. The van der Waals surface area contributed by atoms with Gasteiger partial charge < -0.3 is 14.4 Å². The van der Waals surface area contributed by atoms with Gasteiger partial charge in [-0.3, -0.25) is 0 Å². The van der Waals surface area contributed by atoms with Crippen LogP contribution in [-0.4, -0.2) is 68.9 Å². The summed E-state index contributed by atoms with van der Waals surface area (Å²) in [6, 6.07) is 5.39. The van der Waals surface area contributed by atoms with Crippen molar-refractivity contribution in [1.29, 1.82) is 0 Å². The number of hydrogen-bond donors (Lipinski definition) is 0. The van der Waals surface area contributed by atoms with Crippen molar-refractivity contribution in [3.8, 4) is 5.75 Å². The fraction of sp³-hybridized carbons (Fsp3) is 0.533. The van der Waals surface area contributed by atoms with Gasteiger partial charge in [-0.2, -0.15) is 4.31 Å². The second kappa shape index (κ2) is 8.29. The number of hydrogen-bond acceptors (Lipinski definition) is 5. The Morgan fingerprint density at radius 3 is 2.38 bits per heavy atom. The van der Waals surface area contributed by atoms with Crippen LogP contribution in [0.1, 0.15) is 6.92 Å². The predicted octanol–water partition coefficient (Wildman–Crippen LogP) is 1.31. The Morgan fingerprint density at radius 2 is 1.79 bits per heavy atom. The average molecular weight is 360 g/mol. The summed E-state index contributed by atoms with van der Waals surface area (Å²) in [4.78, 5) is 13.1. The molecule has 0 radical (unpaired) electrons. The molecule has 9 heteroatoms. The van der Waals surface area contributed by atoms with Gasteiger partial charge in [0.05, 0.1) is 12.4 Å². The molecule has 2 rings (SSSR count). The number of rotatable bonds is 6. The standard InChI is InChI=1S/C15H21FN2O5S/c1-2-22-15(19)17-7-9-18(10-8-17)24(20,21)12-11-23-14-5-3-13(16)4-6-14/h3-6H,2,7-12H2,1H3. The molecule has 1 aromatic carbocycles. The monoisotopic (exact) mass is 360 g/mol. The summed E-state index contributed by atoms with van der Waals surface area (Å²) in [7, 11) is -3.47. The minimum absolute atomic E-state index is 0.0218. The maximum atomic E-state index is 12.8. The van der Waals surface area contributed by atoms with Crippen molar-refractivity contribution in [3.05, 3.63) is 30.1 Å². The third-order valence-electron chi connectivity index (χ3n) is 3.58. The summed E-state index contributed by atoms with van der Waals surface area (Å²) >= 11 is 0. The summed E-state index contributed by atoms with van der Waals surface area (Å²) in [6.45, 7) is 3.06. The fourth-order valence-corrected chi connectivity index (χ4v) is 3.56. The van der Waals surface area contributed by atoms with Gasteiger partial charge in [0.15, 0.2) is 0 Å². The van der Waals surface area contributed by atoms with Gasteiger partial charge in [0.25, 0.3) is 0 Å². The van der Waals surface area contributed by atoms with E-state index in [-0.39, 0.29) is 37.9 Å². The minimum Gasteiger partial charge on any atom is -0.492 e. The zero-order valence-electron chi connectivity index (χ0n) is 13.5. The number of nitrogens with zero attached hydrogens (tertiary/aromatic N) is 2. The molecule has 0 atom stereocenters. The van der Waals surface area contributed by atoms with E-state index in [1.54, 1.807) is 6.92 Å². The minimum atomic E-state index is -3.47. The quantitative estimate of drug-likeness (QED) is 0.764. The van der Waals surface area contributed by atoms with Crippen LogP contribution in [0.2, 0.25) is 0 Å². The highest BCUT2D eigenvalue weighted by Crippen LogP contribution is 2.13. The van der Waals surface area contributed by atoms with Gasteiger partial charge in [-0.15, -0.1) is 0 Å². The zero-order valence-corrected chi connectivity index (χ0v) is 14.3. The van der Waals surface area contributed by atoms with E-state index in [0.717, 1.165) is 0 Å². The maximum absolute atomic E-state index is 12.8. The molecule has 0 bridgehead atoms. The molecule has 0 unspecified atom stereocenters. The number of sulfonamides is 1. The highest BCUT2D eigenvalue weighted by molar-refractivity contribution is 7.89. The molecule has 0 spiro atoms. The Hall–Kier alpha value is -1.87. The van der Waals surface area contributed by atoms with E-state index in [0.29, 0.717) is 18.8 Å². The van der Waals surface area contributed by atoms with Crippen molar-refractivity contribution < 1.29 is 27.1 Å². The topological polar surface area (TPSA) is 76.2 Å². The Morgan fingerprint density at radius 1 is 1.17 bits per heavy atom. The lowest BCUT2D eigenvalue weighted by Crippen LogP contribution is -2.51. The van der Waals surface area contributed by atoms with Crippen LogP contribution < -0.4 is 4.74 Å². The second-order valence-electron chi connectivity index (χ2n) is 5.20. The van der Waals surface area contributed by atoms with Crippen molar-refractivity contribution in [2.75, 3.05) is 45.1 Å². The molecule has 1 amide bonds. The molecular weight excluding hydrogens is 339 g/mol. The van der Waals surface area contributed by atoms with Crippen LogP contribution in [0.5, 0.6) is 5.75 Å². The Kier molecular flexibility index (Phi) is 6.38. The fourth-order valence-electron chi connectivity index (χ4n) is 2.29. The first-order chi connectivity index (χ1) is 11.4. The number of ether oxygens (including phenoxy) is 2. The first kappa shape index (κ1) is 18.5. The number of halogens is 1. The number of carbonyl (C=O) groups is 1. The first-order valence-electron chi connectivity index (χ1n) is 7.70. The Balaban J connectivity index is 1.79. The Bertz CT molecular complexity index is 642. The molecular formula is C15H21FN2O5S. The van der Waals surface area contributed by atoms with E-state index in [1.165, 1.54) is 33.5 Å². The lowest BCUT2D eigenvalue weighted by Gasteiger charge is -2.33. The van der Waals surface area contributed by atoms with E-state index in [4.69, 9.17) is 9.47 Å². The van der Waals surface area contributed by atoms with E-state index in [1.807, 2.05) is 0 Å². The molecule has 1 aromatic rings. The van der Waals surface area contributed by atoms with Crippen LogP contribution in [0.15, 0.2) is 24.3 Å². The van der Waals surface area contributed by atoms with Crippen LogP contribution in [-0.2, 0) is 14.8 Å². The molecule has 0 aliphatic carbocycles. The maximum Gasteiger partial charge on any atom is 0.409 e. The molecule has 1 fully saturated rings. The summed E-state index contributed by atoms with van der Waals surface area (Å²) < 4.78 is 48.9. The smallest absolute Gasteiger partial charge is 0.409 e. The Labute approximate surface area is 141 Å². The van der Waals surface area contributed by atoms with E-state index in [2.05, 4.69) is 0 Å². The third-order valence-corrected chi connectivity index (χ3v) is 5.42. The molecule has 7 nitrogen and oxygen atoms in total. The van der Waals surface area contributed by atoms with Crippen molar-refractivity contribution in [3.63, 3.8) is 0 Å².